The van der Waals surface area contributed by atoms with Crippen LogP contribution in [0.4, 0.5) is 5.82 Å². The van der Waals surface area contributed by atoms with Crippen LogP contribution in [0.1, 0.15) is 27.4 Å². The van der Waals surface area contributed by atoms with E-state index in [2.05, 4.69) is 51.9 Å². The Morgan fingerprint density at radius 2 is 1.92 bits per heavy atom. The molecule has 4 rings (SSSR count). The molecule has 0 saturated heterocycles. The summed E-state index contributed by atoms with van der Waals surface area (Å²) in [6.45, 7) is 0.763. The van der Waals surface area contributed by atoms with Gasteiger partial charge in [-0.2, -0.15) is 0 Å². The predicted octanol–water partition coefficient (Wildman–Crippen LogP) is 3.47. The summed E-state index contributed by atoms with van der Waals surface area (Å²) < 4.78 is 0. The van der Waals surface area contributed by atoms with Gasteiger partial charge in [-0.3, -0.25) is 4.79 Å². The Labute approximate surface area is 151 Å². The highest BCUT2D eigenvalue weighted by molar-refractivity contribution is 5.94. The first-order valence-corrected chi connectivity index (χ1v) is 8.46. The Morgan fingerprint density at radius 1 is 1.04 bits per heavy atom. The number of amides is 1. The van der Waals surface area contributed by atoms with Crippen molar-refractivity contribution in [3.05, 3.63) is 83.4 Å². The Kier molecular flexibility index (Phi) is 4.19. The SMILES string of the molecule is NC(=O)c1cccc(-c2ccc(NCC3C=Cc4ccccc43)nn2)c1. The Hall–Kier alpha value is -3.47. The van der Waals surface area contributed by atoms with Gasteiger partial charge in [0, 0.05) is 23.6 Å². The topological polar surface area (TPSA) is 80.9 Å². The van der Waals surface area contributed by atoms with Crippen LogP contribution in [0.5, 0.6) is 0 Å². The molecular formula is C21H18N4O. The molecule has 2 aromatic carbocycles. The summed E-state index contributed by atoms with van der Waals surface area (Å²) >= 11 is 0. The summed E-state index contributed by atoms with van der Waals surface area (Å²) in [7, 11) is 0. The number of nitrogens with zero attached hydrogens (tertiary/aromatic N) is 2. The lowest BCUT2D eigenvalue weighted by atomic mass is 10.0. The molecule has 3 aromatic rings. The summed E-state index contributed by atoms with van der Waals surface area (Å²) in [5, 5.41) is 11.8. The van der Waals surface area contributed by atoms with Crippen molar-refractivity contribution in [2.75, 3.05) is 11.9 Å². The van der Waals surface area contributed by atoms with Crippen LogP contribution in [0.2, 0.25) is 0 Å². The van der Waals surface area contributed by atoms with Gasteiger partial charge in [-0.1, -0.05) is 48.6 Å². The fourth-order valence-electron chi connectivity index (χ4n) is 3.13. The predicted molar refractivity (Wildman–Crippen MR) is 103 cm³/mol. The van der Waals surface area contributed by atoms with Crippen molar-refractivity contribution in [3.8, 4) is 11.3 Å². The van der Waals surface area contributed by atoms with E-state index in [1.807, 2.05) is 18.2 Å². The third kappa shape index (κ3) is 3.19. The number of rotatable bonds is 5. The third-order valence-electron chi connectivity index (χ3n) is 4.51. The number of hydrogen-bond acceptors (Lipinski definition) is 4. The number of nitrogens with one attached hydrogen (secondary N) is 1. The van der Waals surface area contributed by atoms with Crippen LogP contribution >= 0.6 is 0 Å². The summed E-state index contributed by atoms with van der Waals surface area (Å²) in [5.41, 5.74) is 9.90. The molecule has 1 aromatic heterocycles. The van der Waals surface area contributed by atoms with Crippen molar-refractivity contribution in [2.24, 2.45) is 5.73 Å². The number of anilines is 1. The smallest absolute Gasteiger partial charge is 0.248 e. The van der Waals surface area contributed by atoms with Crippen LogP contribution in [-0.4, -0.2) is 22.6 Å². The van der Waals surface area contributed by atoms with Gasteiger partial charge in [-0.05, 0) is 35.4 Å². The lowest BCUT2D eigenvalue weighted by Crippen LogP contribution is -2.11. The molecule has 0 fully saturated rings. The molecule has 0 radical (unpaired) electrons. The van der Waals surface area contributed by atoms with E-state index in [4.69, 9.17) is 5.73 Å². The van der Waals surface area contributed by atoms with Gasteiger partial charge in [0.2, 0.25) is 5.91 Å². The molecule has 128 valence electrons. The molecule has 0 aliphatic heterocycles. The highest BCUT2D eigenvalue weighted by Gasteiger charge is 2.16. The van der Waals surface area contributed by atoms with E-state index in [0.717, 1.165) is 17.9 Å². The number of primary amides is 1. The molecule has 1 unspecified atom stereocenters. The van der Waals surface area contributed by atoms with Crippen molar-refractivity contribution < 1.29 is 4.79 Å². The molecule has 1 heterocycles. The second-order valence-electron chi connectivity index (χ2n) is 6.22. The minimum absolute atomic E-state index is 0.333. The van der Waals surface area contributed by atoms with E-state index in [0.29, 0.717) is 17.2 Å². The average molecular weight is 342 g/mol. The van der Waals surface area contributed by atoms with Gasteiger partial charge in [0.25, 0.3) is 0 Å². The molecule has 26 heavy (non-hydrogen) atoms. The molecule has 1 aliphatic carbocycles. The monoisotopic (exact) mass is 342 g/mol. The van der Waals surface area contributed by atoms with E-state index in [-0.39, 0.29) is 0 Å². The zero-order valence-corrected chi connectivity index (χ0v) is 14.1. The molecule has 0 bridgehead atoms. The van der Waals surface area contributed by atoms with Gasteiger partial charge in [-0.15, -0.1) is 10.2 Å². The largest absolute Gasteiger partial charge is 0.368 e. The van der Waals surface area contributed by atoms with Crippen LogP contribution < -0.4 is 11.1 Å². The minimum Gasteiger partial charge on any atom is -0.368 e. The number of carbonyl (C=O) groups is 1. The highest BCUT2D eigenvalue weighted by Crippen LogP contribution is 2.29. The molecule has 5 nitrogen and oxygen atoms in total. The van der Waals surface area contributed by atoms with Gasteiger partial charge >= 0.3 is 0 Å². The lowest BCUT2D eigenvalue weighted by Gasteiger charge is -2.12. The molecule has 5 heteroatoms. The molecule has 0 spiro atoms. The normalized spacial score (nSPS) is 14.8. The standard InChI is InChI=1S/C21H18N4O/c22-21(26)16-6-3-5-15(12-16)19-10-11-20(25-24-19)23-13-17-9-8-14-4-1-2-7-18(14)17/h1-12,17H,13H2,(H2,22,26)(H,23,25). The fourth-order valence-corrected chi connectivity index (χ4v) is 3.13. The van der Waals surface area contributed by atoms with E-state index in [9.17, 15) is 4.79 Å². The minimum atomic E-state index is -0.456. The van der Waals surface area contributed by atoms with Gasteiger partial charge in [0.1, 0.15) is 5.82 Å². The van der Waals surface area contributed by atoms with Crippen molar-refractivity contribution in [1.82, 2.24) is 10.2 Å². The maximum atomic E-state index is 11.3. The fraction of sp³-hybridized carbons (Fsp3) is 0.0952. The average Bonchev–Trinajstić information content (AvgIpc) is 3.10. The molecule has 1 aliphatic rings. The first kappa shape index (κ1) is 16.0. The lowest BCUT2D eigenvalue weighted by molar-refractivity contribution is 0.100. The van der Waals surface area contributed by atoms with Crippen LogP contribution in [0.25, 0.3) is 17.3 Å². The summed E-state index contributed by atoms with van der Waals surface area (Å²) in [4.78, 5) is 11.3. The van der Waals surface area contributed by atoms with Gasteiger partial charge in [-0.25, -0.2) is 0 Å². The van der Waals surface area contributed by atoms with Crippen LogP contribution in [0.15, 0.2) is 66.7 Å². The molecule has 1 atom stereocenters. The highest BCUT2D eigenvalue weighted by atomic mass is 16.1. The van der Waals surface area contributed by atoms with Gasteiger partial charge in [0.05, 0.1) is 5.69 Å². The first-order chi connectivity index (χ1) is 12.7. The van der Waals surface area contributed by atoms with Gasteiger partial charge in [0.15, 0.2) is 0 Å². The Bertz CT molecular complexity index is 979. The van der Waals surface area contributed by atoms with Gasteiger partial charge < -0.3 is 11.1 Å². The number of nitrogens with two attached hydrogens (primary N) is 1. The van der Waals surface area contributed by atoms with Crippen LogP contribution in [0.3, 0.4) is 0 Å². The van der Waals surface area contributed by atoms with Crippen molar-refractivity contribution in [3.63, 3.8) is 0 Å². The van der Waals surface area contributed by atoms with Crippen LogP contribution in [0, 0.1) is 0 Å². The molecule has 1 amide bonds. The van der Waals surface area contributed by atoms with E-state index in [1.54, 1.807) is 18.2 Å². The Balaban J connectivity index is 1.45. The quantitative estimate of drug-likeness (QED) is 0.744. The molecular weight excluding hydrogens is 324 g/mol. The van der Waals surface area contributed by atoms with E-state index < -0.39 is 5.91 Å². The number of hydrogen-bond donors (Lipinski definition) is 2. The number of carbonyl (C=O) groups excluding carboxylic acids is 1. The van der Waals surface area contributed by atoms with Crippen molar-refractivity contribution in [1.29, 1.82) is 0 Å². The van der Waals surface area contributed by atoms with Crippen molar-refractivity contribution in [2.45, 2.75) is 5.92 Å². The maximum Gasteiger partial charge on any atom is 0.248 e. The summed E-state index contributed by atoms with van der Waals surface area (Å²) in [6, 6.07) is 19.2. The summed E-state index contributed by atoms with van der Waals surface area (Å²) in [5.74, 6) is 0.598. The second kappa shape index (κ2) is 6.80. The number of benzene rings is 2. The van der Waals surface area contributed by atoms with Crippen molar-refractivity contribution >= 4 is 17.8 Å². The first-order valence-electron chi connectivity index (χ1n) is 8.46. The maximum absolute atomic E-state index is 11.3. The Morgan fingerprint density at radius 3 is 2.73 bits per heavy atom. The zero-order chi connectivity index (χ0) is 17.9. The zero-order valence-electron chi connectivity index (χ0n) is 14.1. The van der Waals surface area contributed by atoms with E-state index in [1.165, 1.54) is 11.1 Å². The third-order valence-corrected chi connectivity index (χ3v) is 4.51. The van der Waals surface area contributed by atoms with Crippen LogP contribution in [-0.2, 0) is 0 Å². The molecule has 0 saturated carbocycles. The summed E-state index contributed by atoms with van der Waals surface area (Å²) in [6.07, 6.45) is 4.36. The second-order valence-corrected chi connectivity index (χ2v) is 6.22. The number of aromatic nitrogens is 2. The van der Waals surface area contributed by atoms with E-state index >= 15 is 0 Å². The molecule has 3 N–H and O–H groups in total. The number of fused-ring (bicyclic) bond motifs is 1.